The molecule has 1 N–H and O–H groups in total. The number of hydrogen-bond acceptors (Lipinski definition) is 2. The molecule has 0 fully saturated rings. The van der Waals surface area contributed by atoms with E-state index in [1.165, 1.54) is 15.7 Å². The van der Waals surface area contributed by atoms with Crippen LogP contribution >= 0.6 is 15.9 Å². The fourth-order valence-electron chi connectivity index (χ4n) is 2.36. The highest BCUT2D eigenvalue weighted by Gasteiger charge is 2.10. The summed E-state index contributed by atoms with van der Waals surface area (Å²) in [6, 6.07) is 15.1. The molecule has 0 radical (unpaired) electrons. The van der Waals surface area contributed by atoms with E-state index in [2.05, 4.69) is 69.6 Å². The zero-order valence-corrected chi connectivity index (χ0v) is 13.4. The molecule has 1 aromatic heterocycles. The summed E-state index contributed by atoms with van der Waals surface area (Å²) in [6.07, 6.45) is 5.03. The second kappa shape index (κ2) is 8.18. The first-order valence-electron chi connectivity index (χ1n) is 7.16. The third kappa shape index (κ3) is 4.73. The molecule has 20 heavy (non-hydrogen) atoms. The van der Waals surface area contributed by atoms with Gasteiger partial charge >= 0.3 is 0 Å². The lowest BCUT2D eigenvalue weighted by atomic mass is 10.0. The predicted molar refractivity (Wildman–Crippen MR) is 87.9 cm³/mol. The van der Waals surface area contributed by atoms with Crippen molar-refractivity contribution in [3.63, 3.8) is 0 Å². The zero-order valence-electron chi connectivity index (χ0n) is 11.8. The van der Waals surface area contributed by atoms with Gasteiger partial charge in [-0.2, -0.15) is 0 Å². The van der Waals surface area contributed by atoms with Crippen LogP contribution < -0.4 is 5.32 Å². The summed E-state index contributed by atoms with van der Waals surface area (Å²) in [7, 11) is 0. The minimum absolute atomic E-state index is 0.487. The van der Waals surface area contributed by atoms with Gasteiger partial charge in [0.25, 0.3) is 0 Å². The number of nitrogens with one attached hydrogen (secondary N) is 1. The van der Waals surface area contributed by atoms with Gasteiger partial charge in [-0.05, 0) is 49.6 Å². The number of rotatable bonds is 7. The Balaban J connectivity index is 1.95. The van der Waals surface area contributed by atoms with Crippen LogP contribution in [0.15, 0.2) is 53.1 Å². The molecule has 1 atom stereocenters. The predicted octanol–water partition coefficient (Wildman–Crippen LogP) is 4.00. The first-order chi connectivity index (χ1) is 9.79. The minimum atomic E-state index is 0.487. The molecule has 2 nitrogen and oxygen atoms in total. The Morgan fingerprint density at radius 3 is 2.65 bits per heavy atom. The Morgan fingerprint density at radius 1 is 1.15 bits per heavy atom. The molecule has 3 heteroatoms. The van der Waals surface area contributed by atoms with Gasteiger partial charge in [-0.25, -0.2) is 0 Å². The first kappa shape index (κ1) is 15.2. The Kier molecular flexibility index (Phi) is 6.22. The van der Waals surface area contributed by atoms with Gasteiger partial charge in [0.15, 0.2) is 0 Å². The average Bonchev–Trinajstić information content (AvgIpc) is 2.48. The Hall–Kier alpha value is -1.19. The van der Waals surface area contributed by atoms with Gasteiger partial charge in [0.05, 0.1) is 0 Å². The second-order valence-electron chi connectivity index (χ2n) is 4.91. The van der Waals surface area contributed by atoms with Crippen LogP contribution in [0.2, 0.25) is 0 Å². The molecule has 2 rings (SSSR count). The first-order valence-corrected chi connectivity index (χ1v) is 7.95. The molecule has 0 aliphatic carbocycles. The molecular formula is C17H21BrN2. The van der Waals surface area contributed by atoms with Gasteiger partial charge in [0, 0.05) is 22.4 Å². The lowest BCUT2D eigenvalue weighted by Gasteiger charge is -2.18. The molecule has 0 aliphatic rings. The highest BCUT2D eigenvalue weighted by atomic mass is 79.9. The van der Waals surface area contributed by atoms with Gasteiger partial charge in [-0.1, -0.05) is 47.1 Å². The smallest absolute Gasteiger partial charge is 0.0404 e. The van der Waals surface area contributed by atoms with E-state index >= 15 is 0 Å². The van der Waals surface area contributed by atoms with Gasteiger partial charge in [0.2, 0.25) is 0 Å². The van der Waals surface area contributed by atoms with Crippen LogP contribution in [0.1, 0.15) is 24.6 Å². The fourth-order valence-corrected chi connectivity index (χ4v) is 2.81. The van der Waals surface area contributed by atoms with E-state index in [4.69, 9.17) is 0 Å². The molecule has 0 spiro atoms. The van der Waals surface area contributed by atoms with Gasteiger partial charge in [0.1, 0.15) is 0 Å². The molecule has 0 amide bonds. The fraction of sp³-hybridized carbons (Fsp3) is 0.353. The van der Waals surface area contributed by atoms with Crippen molar-refractivity contribution in [1.82, 2.24) is 10.3 Å². The Bertz CT molecular complexity index is 513. The van der Waals surface area contributed by atoms with E-state index in [9.17, 15) is 0 Å². The number of nitrogens with zero attached hydrogens (tertiary/aromatic N) is 1. The third-order valence-corrected chi connectivity index (χ3v) is 4.17. The summed E-state index contributed by atoms with van der Waals surface area (Å²) >= 11 is 3.63. The van der Waals surface area contributed by atoms with Crippen molar-refractivity contribution < 1.29 is 0 Å². The number of halogens is 1. The molecular weight excluding hydrogens is 312 g/mol. The monoisotopic (exact) mass is 332 g/mol. The zero-order chi connectivity index (χ0) is 14.2. The molecule has 1 aromatic carbocycles. The lowest BCUT2D eigenvalue weighted by molar-refractivity contribution is 0.488. The third-order valence-electron chi connectivity index (χ3n) is 3.39. The van der Waals surface area contributed by atoms with Crippen LogP contribution in [0, 0.1) is 0 Å². The molecule has 2 aromatic rings. The van der Waals surface area contributed by atoms with E-state index in [0.29, 0.717) is 6.04 Å². The minimum Gasteiger partial charge on any atom is -0.314 e. The lowest BCUT2D eigenvalue weighted by Crippen LogP contribution is -2.31. The van der Waals surface area contributed by atoms with Crippen molar-refractivity contribution in [1.29, 1.82) is 0 Å². The molecule has 1 unspecified atom stereocenters. The molecule has 0 aliphatic heterocycles. The average molecular weight is 333 g/mol. The number of benzene rings is 1. The molecule has 0 saturated carbocycles. The number of pyridine rings is 1. The Labute approximate surface area is 129 Å². The summed E-state index contributed by atoms with van der Waals surface area (Å²) in [5.74, 6) is 0. The maximum Gasteiger partial charge on any atom is 0.0404 e. The van der Waals surface area contributed by atoms with Crippen LogP contribution in [0.25, 0.3) is 0 Å². The van der Waals surface area contributed by atoms with E-state index < -0.39 is 0 Å². The summed E-state index contributed by atoms with van der Waals surface area (Å²) in [4.78, 5) is 4.40. The molecule has 106 valence electrons. The van der Waals surface area contributed by atoms with Crippen molar-refractivity contribution in [3.05, 3.63) is 64.4 Å². The SMILES string of the molecule is CCNC(CCc1ccccn1)Cc1ccccc1Br. The number of aromatic nitrogens is 1. The van der Waals surface area contributed by atoms with Crippen molar-refractivity contribution in [2.45, 2.75) is 32.2 Å². The van der Waals surface area contributed by atoms with E-state index in [-0.39, 0.29) is 0 Å². The summed E-state index contributed by atoms with van der Waals surface area (Å²) in [5, 5.41) is 3.58. The summed E-state index contributed by atoms with van der Waals surface area (Å²) < 4.78 is 1.20. The molecule has 0 bridgehead atoms. The number of aryl methyl sites for hydroxylation is 1. The van der Waals surface area contributed by atoms with Crippen LogP contribution in [-0.2, 0) is 12.8 Å². The van der Waals surface area contributed by atoms with E-state index in [1.807, 2.05) is 12.3 Å². The topological polar surface area (TPSA) is 24.9 Å². The highest BCUT2D eigenvalue weighted by Crippen LogP contribution is 2.18. The van der Waals surface area contributed by atoms with Crippen molar-refractivity contribution in [2.24, 2.45) is 0 Å². The van der Waals surface area contributed by atoms with Crippen molar-refractivity contribution >= 4 is 15.9 Å². The van der Waals surface area contributed by atoms with E-state index in [1.54, 1.807) is 0 Å². The van der Waals surface area contributed by atoms with Crippen LogP contribution in [0.4, 0.5) is 0 Å². The highest BCUT2D eigenvalue weighted by molar-refractivity contribution is 9.10. The maximum atomic E-state index is 4.40. The van der Waals surface area contributed by atoms with Crippen LogP contribution in [0.5, 0.6) is 0 Å². The summed E-state index contributed by atoms with van der Waals surface area (Å²) in [6.45, 7) is 3.16. The van der Waals surface area contributed by atoms with Crippen molar-refractivity contribution in [2.75, 3.05) is 6.54 Å². The van der Waals surface area contributed by atoms with Crippen LogP contribution in [-0.4, -0.2) is 17.6 Å². The second-order valence-corrected chi connectivity index (χ2v) is 5.76. The number of likely N-dealkylation sites (N-methyl/N-ethyl adjacent to an activating group) is 1. The van der Waals surface area contributed by atoms with Crippen molar-refractivity contribution in [3.8, 4) is 0 Å². The molecule has 0 saturated heterocycles. The standard InChI is InChI=1S/C17H21BrN2/c1-2-19-16(11-10-15-8-5-6-12-20-15)13-14-7-3-4-9-17(14)18/h3-9,12,16,19H,2,10-11,13H2,1H3. The van der Waals surface area contributed by atoms with Gasteiger partial charge < -0.3 is 5.32 Å². The normalized spacial score (nSPS) is 12.3. The quantitative estimate of drug-likeness (QED) is 0.828. The van der Waals surface area contributed by atoms with E-state index in [0.717, 1.165) is 25.8 Å². The maximum absolute atomic E-state index is 4.40. The Morgan fingerprint density at radius 2 is 1.95 bits per heavy atom. The largest absolute Gasteiger partial charge is 0.314 e. The van der Waals surface area contributed by atoms with Crippen LogP contribution in [0.3, 0.4) is 0 Å². The van der Waals surface area contributed by atoms with Gasteiger partial charge in [-0.3, -0.25) is 4.98 Å². The number of hydrogen-bond donors (Lipinski definition) is 1. The van der Waals surface area contributed by atoms with Gasteiger partial charge in [-0.15, -0.1) is 0 Å². The summed E-state index contributed by atoms with van der Waals surface area (Å²) in [5.41, 5.74) is 2.53. The molecule has 1 heterocycles.